The van der Waals surface area contributed by atoms with Gasteiger partial charge < -0.3 is 9.84 Å². The van der Waals surface area contributed by atoms with Crippen molar-refractivity contribution in [3.63, 3.8) is 0 Å². The van der Waals surface area contributed by atoms with Crippen molar-refractivity contribution < 1.29 is 14.6 Å². The number of benzene rings is 1. The van der Waals surface area contributed by atoms with Crippen molar-refractivity contribution in [2.75, 3.05) is 6.61 Å². The fraction of sp³-hybridized carbons (Fsp3) is 0.158. The second kappa shape index (κ2) is 7.18. The van der Waals surface area contributed by atoms with Gasteiger partial charge in [-0.15, -0.1) is 6.58 Å². The number of hydrogen-bond donors (Lipinski definition) is 1. The number of esters is 1. The highest BCUT2D eigenvalue weighted by molar-refractivity contribution is 5.98. The van der Waals surface area contributed by atoms with Gasteiger partial charge in [0.05, 0.1) is 12.0 Å². The van der Waals surface area contributed by atoms with Crippen molar-refractivity contribution in [2.24, 2.45) is 0 Å². The molecule has 0 aliphatic heterocycles. The quantitative estimate of drug-likeness (QED) is 0.561. The Labute approximate surface area is 149 Å². The first-order valence-electron chi connectivity index (χ1n) is 8.04. The minimum Gasteiger partial charge on any atom is -0.506 e. The van der Waals surface area contributed by atoms with E-state index in [0.717, 1.165) is 5.56 Å². The number of allylic oxidation sites excluding steroid dienone is 1. The number of carbonyl (C=O) groups excluding carboxylic acids is 1. The van der Waals surface area contributed by atoms with Crippen molar-refractivity contribution in [3.05, 3.63) is 65.1 Å². The van der Waals surface area contributed by atoms with E-state index in [0.29, 0.717) is 5.82 Å². The number of pyridine rings is 1. The van der Waals surface area contributed by atoms with Gasteiger partial charge in [0.1, 0.15) is 5.75 Å². The lowest BCUT2D eigenvalue weighted by Gasteiger charge is -2.13. The summed E-state index contributed by atoms with van der Waals surface area (Å²) in [7, 11) is 0. The van der Waals surface area contributed by atoms with Crippen LogP contribution in [0.3, 0.4) is 0 Å². The van der Waals surface area contributed by atoms with Crippen LogP contribution in [0, 0.1) is 0 Å². The number of carbonyl (C=O) groups is 1. The van der Waals surface area contributed by atoms with E-state index in [4.69, 9.17) is 4.74 Å². The normalized spacial score (nSPS) is 10.7. The maximum absolute atomic E-state index is 12.8. The standard InChI is InChI=1S/C19H17N3O4/c1-3-10-22-17-13(15(23)14(18(22)24)19(25)26-4-2)11-20-16(21-17)12-8-6-5-7-9-12/h3,5-9,11,23H,1,4,10H2,2H3. The lowest BCUT2D eigenvalue weighted by molar-refractivity contribution is 0.0520. The average molecular weight is 351 g/mol. The Kier molecular flexibility index (Phi) is 4.79. The molecular weight excluding hydrogens is 334 g/mol. The Bertz CT molecular complexity index is 1040. The molecule has 2 heterocycles. The minimum atomic E-state index is -0.887. The van der Waals surface area contributed by atoms with Gasteiger partial charge in [0, 0.05) is 18.3 Å². The number of aromatic nitrogens is 3. The van der Waals surface area contributed by atoms with E-state index in [9.17, 15) is 14.7 Å². The molecule has 0 unspecified atom stereocenters. The third kappa shape index (κ3) is 2.95. The van der Waals surface area contributed by atoms with E-state index >= 15 is 0 Å². The summed E-state index contributed by atoms with van der Waals surface area (Å²) in [6.07, 6.45) is 2.90. The number of ether oxygens (including phenoxy) is 1. The van der Waals surface area contributed by atoms with Crippen molar-refractivity contribution in [1.29, 1.82) is 0 Å². The summed E-state index contributed by atoms with van der Waals surface area (Å²) < 4.78 is 6.15. The van der Waals surface area contributed by atoms with Gasteiger partial charge in [0.2, 0.25) is 0 Å². The number of aromatic hydroxyl groups is 1. The Morgan fingerprint density at radius 2 is 2.08 bits per heavy atom. The molecule has 0 aliphatic rings. The number of fused-ring (bicyclic) bond motifs is 1. The summed E-state index contributed by atoms with van der Waals surface area (Å²) >= 11 is 0. The fourth-order valence-corrected chi connectivity index (χ4v) is 2.62. The van der Waals surface area contributed by atoms with Crippen LogP contribution in [0.2, 0.25) is 0 Å². The monoisotopic (exact) mass is 351 g/mol. The van der Waals surface area contributed by atoms with Gasteiger partial charge in [-0.1, -0.05) is 36.4 Å². The fourth-order valence-electron chi connectivity index (χ4n) is 2.62. The van der Waals surface area contributed by atoms with Gasteiger partial charge in [-0.05, 0) is 6.92 Å². The largest absolute Gasteiger partial charge is 0.506 e. The molecule has 0 aliphatic carbocycles. The van der Waals surface area contributed by atoms with Crippen molar-refractivity contribution in [2.45, 2.75) is 13.5 Å². The first kappa shape index (κ1) is 17.3. The van der Waals surface area contributed by atoms with Crippen LogP contribution in [0.5, 0.6) is 5.75 Å². The van der Waals surface area contributed by atoms with Crippen LogP contribution < -0.4 is 5.56 Å². The molecule has 0 bridgehead atoms. The van der Waals surface area contributed by atoms with Gasteiger partial charge in [-0.2, -0.15) is 0 Å². The Morgan fingerprint density at radius 3 is 2.73 bits per heavy atom. The van der Waals surface area contributed by atoms with Crippen LogP contribution in [-0.2, 0) is 11.3 Å². The van der Waals surface area contributed by atoms with Gasteiger partial charge >= 0.3 is 5.97 Å². The highest BCUT2D eigenvalue weighted by atomic mass is 16.5. The van der Waals surface area contributed by atoms with Gasteiger partial charge in [-0.25, -0.2) is 14.8 Å². The van der Waals surface area contributed by atoms with Crippen LogP contribution in [0.4, 0.5) is 0 Å². The molecule has 0 saturated heterocycles. The maximum atomic E-state index is 12.8. The molecule has 132 valence electrons. The zero-order valence-corrected chi connectivity index (χ0v) is 14.2. The molecule has 3 rings (SSSR count). The summed E-state index contributed by atoms with van der Waals surface area (Å²) in [6, 6.07) is 9.24. The molecule has 7 nitrogen and oxygen atoms in total. The van der Waals surface area contributed by atoms with Gasteiger partial charge in [0.25, 0.3) is 5.56 Å². The molecule has 2 aromatic heterocycles. The second-order valence-electron chi connectivity index (χ2n) is 5.45. The van der Waals surface area contributed by atoms with E-state index in [2.05, 4.69) is 16.5 Å². The first-order valence-corrected chi connectivity index (χ1v) is 8.04. The summed E-state index contributed by atoms with van der Waals surface area (Å²) in [5.74, 6) is -0.969. The molecule has 0 atom stereocenters. The maximum Gasteiger partial charge on any atom is 0.347 e. The Morgan fingerprint density at radius 1 is 1.35 bits per heavy atom. The molecule has 1 aromatic carbocycles. The molecule has 0 saturated carbocycles. The van der Waals surface area contributed by atoms with E-state index < -0.39 is 22.8 Å². The summed E-state index contributed by atoms with van der Waals surface area (Å²) in [4.78, 5) is 33.5. The second-order valence-corrected chi connectivity index (χ2v) is 5.45. The first-order chi connectivity index (χ1) is 12.6. The summed E-state index contributed by atoms with van der Waals surface area (Å²) in [5, 5.41) is 10.7. The lowest BCUT2D eigenvalue weighted by Crippen LogP contribution is -2.28. The van der Waals surface area contributed by atoms with Crippen molar-refractivity contribution in [1.82, 2.24) is 14.5 Å². The van der Waals surface area contributed by atoms with E-state index in [1.54, 1.807) is 6.92 Å². The number of rotatable bonds is 5. The Balaban J connectivity index is 2.32. The molecular formula is C19H17N3O4. The number of hydrogen-bond acceptors (Lipinski definition) is 6. The van der Waals surface area contributed by atoms with E-state index in [-0.39, 0.29) is 24.2 Å². The van der Waals surface area contributed by atoms with Crippen molar-refractivity contribution in [3.8, 4) is 17.1 Å². The molecule has 0 amide bonds. The predicted molar refractivity (Wildman–Crippen MR) is 97.1 cm³/mol. The molecule has 0 radical (unpaired) electrons. The van der Waals surface area contributed by atoms with Crippen molar-refractivity contribution >= 4 is 17.0 Å². The SMILES string of the molecule is C=CCn1c(=O)c(C(=O)OCC)c(O)c2cnc(-c3ccccc3)nc21. The number of nitrogens with zero attached hydrogens (tertiary/aromatic N) is 3. The molecule has 0 spiro atoms. The molecule has 7 heteroatoms. The van der Waals surface area contributed by atoms with Crippen LogP contribution >= 0.6 is 0 Å². The van der Waals surface area contributed by atoms with Gasteiger partial charge in [0.15, 0.2) is 17.0 Å². The van der Waals surface area contributed by atoms with Gasteiger partial charge in [-0.3, -0.25) is 9.36 Å². The zero-order chi connectivity index (χ0) is 18.7. The van der Waals surface area contributed by atoms with Crippen LogP contribution in [0.15, 0.2) is 54.0 Å². The highest BCUT2D eigenvalue weighted by Crippen LogP contribution is 2.27. The topological polar surface area (TPSA) is 94.3 Å². The molecule has 26 heavy (non-hydrogen) atoms. The molecule has 1 N–H and O–H groups in total. The molecule has 0 fully saturated rings. The molecule has 3 aromatic rings. The third-order valence-corrected chi connectivity index (χ3v) is 3.80. The Hall–Kier alpha value is -3.48. The highest BCUT2D eigenvalue weighted by Gasteiger charge is 2.24. The average Bonchev–Trinajstić information content (AvgIpc) is 2.66. The minimum absolute atomic E-state index is 0.0840. The van der Waals surface area contributed by atoms with Crippen LogP contribution in [-0.4, -0.2) is 32.2 Å². The predicted octanol–water partition coefficient (Wildman–Crippen LogP) is 2.53. The van der Waals surface area contributed by atoms with Crippen LogP contribution in [0.1, 0.15) is 17.3 Å². The lowest BCUT2D eigenvalue weighted by atomic mass is 10.1. The smallest absolute Gasteiger partial charge is 0.347 e. The van der Waals surface area contributed by atoms with Crippen LogP contribution in [0.25, 0.3) is 22.4 Å². The summed E-state index contributed by atoms with van der Waals surface area (Å²) in [6.45, 7) is 5.46. The van der Waals surface area contributed by atoms with E-state index in [1.807, 2.05) is 30.3 Å². The zero-order valence-electron chi connectivity index (χ0n) is 14.2. The van der Waals surface area contributed by atoms with E-state index in [1.165, 1.54) is 16.8 Å². The summed E-state index contributed by atoms with van der Waals surface area (Å²) in [5.41, 5.74) is -0.140. The third-order valence-electron chi connectivity index (χ3n) is 3.80.